The third kappa shape index (κ3) is 5.14. The van der Waals surface area contributed by atoms with Crippen LogP contribution in [0.2, 0.25) is 0 Å². The molecule has 2 heterocycles. The van der Waals surface area contributed by atoms with Crippen LogP contribution in [0.15, 0.2) is 65.2 Å². The van der Waals surface area contributed by atoms with Crippen LogP contribution in [0.1, 0.15) is 30.7 Å². The number of aromatic nitrogens is 1. The Morgan fingerprint density at radius 2 is 1.84 bits per heavy atom. The third-order valence-electron chi connectivity index (χ3n) is 5.95. The number of benzene rings is 2. The summed E-state index contributed by atoms with van der Waals surface area (Å²) < 4.78 is 16.7. The Bertz CT molecular complexity index is 976. The van der Waals surface area contributed by atoms with Crippen molar-refractivity contribution in [3.8, 4) is 17.1 Å². The lowest BCUT2D eigenvalue weighted by Crippen LogP contribution is -2.44. The van der Waals surface area contributed by atoms with Crippen LogP contribution in [0.3, 0.4) is 0 Å². The molecule has 0 aliphatic carbocycles. The van der Waals surface area contributed by atoms with E-state index in [4.69, 9.17) is 13.9 Å². The summed E-state index contributed by atoms with van der Waals surface area (Å²) in [4.78, 5) is 16.9. The molecule has 1 amide bonds. The van der Waals surface area contributed by atoms with Crippen molar-refractivity contribution in [2.75, 3.05) is 26.9 Å². The summed E-state index contributed by atoms with van der Waals surface area (Å²) in [5.74, 6) is 2.12. The highest BCUT2D eigenvalue weighted by atomic mass is 16.5. The van der Waals surface area contributed by atoms with Gasteiger partial charge in [0.25, 0.3) is 0 Å². The van der Waals surface area contributed by atoms with Crippen LogP contribution in [0.4, 0.5) is 0 Å². The van der Waals surface area contributed by atoms with Crippen LogP contribution in [-0.2, 0) is 21.4 Å². The monoisotopic (exact) mass is 420 g/mol. The number of aryl methyl sites for hydroxylation is 1. The number of hydrogen-bond acceptors (Lipinski definition) is 5. The van der Waals surface area contributed by atoms with Gasteiger partial charge in [-0.1, -0.05) is 42.5 Å². The number of oxazole rings is 1. The molecule has 1 fully saturated rings. The topological polar surface area (TPSA) is 73.6 Å². The molecular weight excluding hydrogens is 392 g/mol. The molecule has 2 aromatic carbocycles. The highest BCUT2D eigenvalue weighted by Gasteiger charge is 2.34. The minimum absolute atomic E-state index is 0.00107. The molecule has 0 spiro atoms. The molecule has 1 saturated heterocycles. The maximum absolute atomic E-state index is 12.6. The van der Waals surface area contributed by atoms with Gasteiger partial charge in [0.2, 0.25) is 5.91 Å². The van der Waals surface area contributed by atoms with Crippen molar-refractivity contribution in [1.82, 2.24) is 10.3 Å². The first-order chi connectivity index (χ1) is 15.2. The fraction of sp³-hybridized carbons (Fsp3) is 0.360. The van der Waals surface area contributed by atoms with E-state index in [-0.39, 0.29) is 11.3 Å². The van der Waals surface area contributed by atoms with Crippen molar-refractivity contribution in [3.63, 3.8) is 0 Å². The fourth-order valence-corrected chi connectivity index (χ4v) is 4.01. The Labute approximate surface area is 182 Å². The summed E-state index contributed by atoms with van der Waals surface area (Å²) >= 11 is 0. The van der Waals surface area contributed by atoms with E-state index in [1.807, 2.05) is 42.5 Å². The van der Waals surface area contributed by atoms with Crippen LogP contribution in [0.5, 0.6) is 5.75 Å². The first-order valence-corrected chi connectivity index (χ1v) is 10.7. The predicted molar refractivity (Wildman–Crippen MR) is 118 cm³/mol. The lowest BCUT2D eigenvalue weighted by Gasteiger charge is -2.38. The average molecular weight is 421 g/mol. The molecule has 0 bridgehead atoms. The maximum atomic E-state index is 12.6. The standard InChI is InChI=1S/C25H28N2O4/c1-29-21-9-7-20(8-10-21)25(13-15-30-16-14-25)18-27-23(28)11-12-24-26-17-22(31-24)19-5-3-2-4-6-19/h2-10,17H,11-16,18H2,1H3,(H,27,28). The first kappa shape index (κ1) is 21.1. The second kappa shape index (κ2) is 9.79. The number of carbonyl (C=O) groups excluding carboxylic acids is 1. The Kier molecular flexibility index (Phi) is 6.67. The summed E-state index contributed by atoms with van der Waals surface area (Å²) in [6.07, 6.45) is 4.27. The Morgan fingerprint density at radius 3 is 2.55 bits per heavy atom. The second-order valence-corrected chi connectivity index (χ2v) is 7.88. The molecule has 1 N–H and O–H groups in total. The zero-order chi connectivity index (χ0) is 21.5. The largest absolute Gasteiger partial charge is 0.497 e. The van der Waals surface area contributed by atoms with Gasteiger partial charge in [-0.3, -0.25) is 4.79 Å². The number of amides is 1. The van der Waals surface area contributed by atoms with Gasteiger partial charge in [0.05, 0.1) is 13.3 Å². The van der Waals surface area contributed by atoms with E-state index in [1.54, 1.807) is 13.3 Å². The molecule has 0 radical (unpaired) electrons. The van der Waals surface area contributed by atoms with Gasteiger partial charge in [0.1, 0.15) is 5.75 Å². The minimum atomic E-state index is -0.121. The molecule has 1 aliphatic heterocycles. The molecule has 6 nitrogen and oxygen atoms in total. The summed E-state index contributed by atoms with van der Waals surface area (Å²) in [7, 11) is 1.66. The molecular formula is C25H28N2O4. The number of carbonyl (C=O) groups is 1. The quantitative estimate of drug-likeness (QED) is 0.593. The zero-order valence-corrected chi connectivity index (χ0v) is 17.8. The van der Waals surface area contributed by atoms with E-state index in [9.17, 15) is 4.79 Å². The molecule has 3 aromatic rings. The summed E-state index contributed by atoms with van der Waals surface area (Å²) in [6, 6.07) is 18.0. The summed E-state index contributed by atoms with van der Waals surface area (Å²) in [5, 5.41) is 3.13. The van der Waals surface area contributed by atoms with Crippen molar-refractivity contribution in [2.24, 2.45) is 0 Å². The van der Waals surface area contributed by atoms with Crippen molar-refractivity contribution < 1.29 is 18.7 Å². The molecule has 1 aromatic heterocycles. The van der Waals surface area contributed by atoms with Gasteiger partial charge in [-0.15, -0.1) is 0 Å². The smallest absolute Gasteiger partial charge is 0.220 e. The van der Waals surface area contributed by atoms with Crippen molar-refractivity contribution in [1.29, 1.82) is 0 Å². The van der Waals surface area contributed by atoms with Gasteiger partial charge in [-0.2, -0.15) is 0 Å². The Morgan fingerprint density at radius 1 is 1.10 bits per heavy atom. The van der Waals surface area contributed by atoms with Crippen LogP contribution < -0.4 is 10.1 Å². The van der Waals surface area contributed by atoms with Crippen LogP contribution in [-0.4, -0.2) is 37.8 Å². The fourth-order valence-electron chi connectivity index (χ4n) is 4.01. The molecule has 0 atom stereocenters. The van der Waals surface area contributed by atoms with Crippen molar-refractivity contribution in [3.05, 3.63) is 72.2 Å². The van der Waals surface area contributed by atoms with Gasteiger partial charge < -0.3 is 19.2 Å². The van der Waals surface area contributed by atoms with Crippen LogP contribution in [0.25, 0.3) is 11.3 Å². The van der Waals surface area contributed by atoms with Gasteiger partial charge >= 0.3 is 0 Å². The molecule has 162 valence electrons. The second-order valence-electron chi connectivity index (χ2n) is 7.88. The van der Waals surface area contributed by atoms with Gasteiger partial charge in [-0.25, -0.2) is 4.98 Å². The maximum Gasteiger partial charge on any atom is 0.220 e. The van der Waals surface area contributed by atoms with Gasteiger partial charge in [-0.05, 0) is 30.5 Å². The first-order valence-electron chi connectivity index (χ1n) is 10.7. The van der Waals surface area contributed by atoms with Gasteiger partial charge in [0, 0.05) is 43.6 Å². The highest BCUT2D eigenvalue weighted by molar-refractivity contribution is 5.76. The normalized spacial score (nSPS) is 15.4. The highest BCUT2D eigenvalue weighted by Crippen LogP contribution is 2.35. The number of methoxy groups -OCH3 is 1. The number of nitrogens with zero attached hydrogens (tertiary/aromatic N) is 1. The van der Waals surface area contributed by atoms with E-state index in [0.717, 1.165) is 29.9 Å². The predicted octanol–water partition coefficient (Wildman–Crippen LogP) is 4.15. The molecule has 0 saturated carbocycles. The molecule has 4 rings (SSSR count). The number of hydrogen-bond donors (Lipinski definition) is 1. The van der Waals surface area contributed by atoms with E-state index in [2.05, 4.69) is 22.4 Å². The minimum Gasteiger partial charge on any atom is -0.497 e. The Hall–Kier alpha value is -3.12. The van der Waals surface area contributed by atoms with Crippen molar-refractivity contribution in [2.45, 2.75) is 31.1 Å². The molecule has 1 aliphatic rings. The number of nitrogens with one attached hydrogen (secondary N) is 1. The third-order valence-corrected chi connectivity index (χ3v) is 5.95. The van der Waals surface area contributed by atoms with E-state index in [1.165, 1.54) is 5.56 Å². The van der Waals surface area contributed by atoms with Crippen molar-refractivity contribution >= 4 is 5.91 Å². The SMILES string of the molecule is COc1ccc(C2(CNC(=O)CCc3ncc(-c4ccccc4)o3)CCOCC2)cc1. The lowest BCUT2D eigenvalue weighted by molar-refractivity contribution is -0.121. The summed E-state index contributed by atoms with van der Waals surface area (Å²) in [6.45, 7) is 1.98. The summed E-state index contributed by atoms with van der Waals surface area (Å²) in [5.41, 5.74) is 2.06. The van der Waals surface area contributed by atoms with E-state index < -0.39 is 0 Å². The van der Waals surface area contributed by atoms with E-state index >= 15 is 0 Å². The molecule has 0 unspecified atom stereocenters. The van der Waals surface area contributed by atoms with Gasteiger partial charge in [0.15, 0.2) is 11.7 Å². The lowest BCUT2D eigenvalue weighted by atomic mass is 9.74. The number of rotatable bonds is 8. The average Bonchev–Trinajstić information content (AvgIpc) is 3.32. The number of ether oxygens (including phenoxy) is 2. The van der Waals surface area contributed by atoms with E-state index in [0.29, 0.717) is 38.5 Å². The Balaban J connectivity index is 1.34. The zero-order valence-electron chi connectivity index (χ0n) is 17.8. The molecule has 31 heavy (non-hydrogen) atoms. The van der Waals surface area contributed by atoms with Crippen LogP contribution in [0, 0.1) is 0 Å². The van der Waals surface area contributed by atoms with Crippen LogP contribution >= 0.6 is 0 Å². The molecule has 6 heteroatoms.